The van der Waals surface area contributed by atoms with E-state index in [9.17, 15) is 4.79 Å². The number of hydrogen-bond donors (Lipinski definition) is 2. The first-order valence-electron chi connectivity index (χ1n) is 8.56. The Morgan fingerprint density at radius 1 is 1.44 bits per heavy atom. The van der Waals surface area contributed by atoms with Gasteiger partial charge in [0.25, 0.3) is 0 Å². The summed E-state index contributed by atoms with van der Waals surface area (Å²) in [5.41, 5.74) is 0.688. The Balaban J connectivity index is 0.00000364. The molecule has 0 fully saturated rings. The van der Waals surface area contributed by atoms with Crippen molar-refractivity contribution in [2.24, 2.45) is 4.99 Å². The van der Waals surface area contributed by atoms with Gasteiger partial charge in [-0.25, -0.2) is 9.67 Å². The maximum absolute atomic E-state index is 11.3. The largest absolute Gasteiger partial charge is 0.468 e. The van der Waals surface area contributed by atoms with Gasteiger partial charge in [0.2, 0.25) is 0 Å². The Kier molecular flexibility index (Phi) is 10.3. The van der Waals surface area contributed by atoms with Crippen LogP contribution in [0.25, 0.3) is 0 Å². The van der Waals surface area contributed by atoms with Gasteiger partial charge in [-0.1, -0.05) is 5.21 Å². The van der Waals surface area contributed by atoms with Gasteiger partial charge >= 0.3 is 5.97 Å². The lowest BCUT2D eigenvalue weighted by molar-refractivity contribution is -0.141. The number of ether oxygens (including phenoxy) is 1. The fraction of sp³-hybridized carbons (Fsp3) is 0.529. The molecule has 0 amide bonds. The first-order chi connectivity index (χ1) is 12.5. The maximum atomic E-state index is 11.3. The van der Waals surface area contributed by atoms with E-state index in [-0.39, 0.29) is 42.5 Å². The zero-order chi connectivity index (χ0) is 18.9. The molecule has 2 aromatic heterocycles. The monoisotopic (exact) mass is 506 g/mol. The average molecular weight is 506 g/mol. The minimum atomic E-state index is -0.363. The first kappa shape index (κ1) is 23.3. The number of hydrogen-bond acceptors (Lipinski definition) is 6. The average Bonchev–Trinajstić information content (AvgIpc) is 3.21. The van der Waals surface area contributed by atoms with Crippen molar-refractivity contribution >= 4 is 47.2 Å². The Bertz CT molecular complexity index is 745. The van der Waals surface area contributed by atoms with Crippen LogP contribution in [0.5, 0.6) is 0 Å². The van der Waals surface area contributed by atoms with Crippen molar-refractivity contribution in [1.29, 1.82) is 0 Å². The molecule has 27 heavy (non-hydrogen) atoms. The normalized spacial score (nSPS) is 12.2. The number of aromatic nitrogens is 3. The summed E-state index contributed by atoms with van der Waals surface area (Å²) in [6, 6.07) is 4.56. The summed E-state index contributed by atoms with van der Waals surface area (Å²) >= 11 is 1.82. The number of methoxy groups -OCH3 is 1. The number of thiophene rings is 1. The number of guanidine groups is 1. The van der Waals surface area contributed by atoms with E-state index in [1.807, 2.05) is 18.3 Å². The fourth-order valence-corrected chi connectivity index (χ4v) is 3.37. The van der Waals surface area contributed by atoms with E-state index in [1.54, 1.807) is 6.20 Å². The predicted molar refractivity (Wildman–Crippen MR) is 118 cm³/mol. The summed E-state index contributed by atoms with van der Waals surface area (Å²) in [6.07, 6.45) is 2.64. The maximum Gasteiger partial charge on any atom is 0.327 e. The van der Waals surface area contributed by atoms with Gasteiger partial charge in [0.05, 0.1) is 19.9 Å². The van der Waals surface area contributed by atoms with Gasteiger partial charge in [-0.15, -0.1) is 40.4 Å². The van der Waals surface area contributed by atoms with Crippen LogP contribution in [-0.4, -0.2) is 46.6 Å². The molecule has 2 aromatic rings. The number of nitrogens with zero attached hydrogens (tertiary/aromatic N) is 4. The molecule has 0 bridgehead atoms. The molecule has 0 aromatic carbocycles. The van der Waals surface area contributed by atoms with Crippen LogP contribution in [0, 0.1) is 6.92 Å². The van der Waals surface area contributed by atoms with Crippen molar-refractivity contribution in [3.05, 3.63) is 33.8 Å². The molecule has 8 nitrogen and oxygen atoms in total. The zero-order valence-corrected chi connectivity index (χ0v) is 19.2. The molecule has 150 valence electrons. The van der Waals surface area contributed by atoms with Crippen LogP contribution in [-0.2, 0) is 29.0 Å². The summed E-state index contributed by atoms with van der Waals surface area (Å²) < 4.78 is 6.06. The molecule has 0 saturated heterocycles. The van der Waals surface area contributed by atoms with Crippen molar-refractivity contribution < 1.29 is 9.53 Å². The highest BCUT2D eigenvalue weighted by molar-refractivity contribution is 14.0. The van der Waals surface area contributed by atoms with Crippen molar-refractivity contribution in [2.45, 2.75) is 46.3 Å². The van der Waals surface area contributed by atoms with Gasteiger partial charge in [-0.05, 0) is 32.9 Å². The molecule has 2 N–H and O–H groups in total. The molecule has 0 aliphatic rings. The number of aliphatic imine (C=N–C) groups is 1. The summed E-state index contributed by atoms with van der Waals surface area (Å²) in [5, 5.41) is 14.6. The van der Waals surface area contributed by atoms with Gasteiger partial charge in [0.15, 0.2) is 5.96 Å². The first-order valence-corrected chi connectivity index (χ1v) is 9.37. The number of aryl methyl sites for hydroxylation is 1. The van der Waals surface area contributed by atoms with Gasteiger partial charge in [-0.3, -0.25) is 4.79 Å². The molecule has 0 spiro atoms. The highest BCUT2D eigenvalue weighted by Gasteiger charge is 2.09. The van der Waals surface area contributed by atoms with Gasteiger partial charge < -0.3 is 15.4 Å². The highest BCUT2D eigenvalue weighted by atomic mass is 127. The molecular formula is C17H27IN6O2S. The van der Waals surface area contributed by atoms with Crippen molar-refractivity contribution in [3.8, 4) is 0 Å². The third-order valence-corrected chi connectivity index (χ3v) is 4.56. The number of carbonyl (C=O) groups is 1. The molecule has 10 heteroatoms. The van der Waals surface area contributed by atoms with E-state index < -0.39 is 0 Å². The summed E-state index contributed by atoms with van der Waals surface area (Å²) in [4.78, 5) is 18.5. The van der Waals surface area contributed by atoms with Crippen LogP contribution in [0.15, 0.2) is 23.3 Å². The summed E-state index contributed by atoms with van der Waals surface area (Å²) in [7, 11) is 1.34. The highest BCUT2D eigenvalue weighted by Crippen LogP contribution is 2.16. The lowest BCUT2D eigenvalue weighted by atomic mass is 10.2. The second-order valence-electron chi connectivity index (χ2n) is 5.94. The number of esters is 1. The number of rotatable bonds is 8. The van der Waals surface area contributed by atoms with Crippen LogP contribution in [0.1, 0.15) is 29.3 Å². The zero-order valence-electron chi connectivity index (χ0n) is 16.1. The van der Waals surface area contributed by atoms with E-state index >= 15 is 0 Å². The lowest BCUT2D eigenvalue weighted by Crippen LogP contribution is -2.43. The number of nitrogens with one attached hydrogen (secondary N) is 2. The Morgan fingerprint density at radius 2 is 2.22 bits per heavy atom. The van der Waals surface area contributed by atoms with Crippen LogP contribution in [0.2, 0.25) is 0 Å². The molecule has 2 heterocycles. The smallest absolute Gasteiger partial charge is 0.327 e. The van der Waals surface area contributed by atoms with Gasteiger partial charge in [0, 0.05) is 28.8 Å². The lowest BCUT2D eigenvalue weighted by Gasteiger charge is -2.17. The van der Waals surface area contributed by atoms with E-state index in [4.69, 9.17) is 0 Å². The second-order valence-corrected chi connectivity index (χ2v) is 7.31. The Morgan fingerprint density at radius 3 is 2.85 bits per heavy atom. The SMILES string of the molecule is CCNC(=NCc1cn(CC(=O)OC)nn1)NC(C)Cc1ccc(C)s1.I. The number of carbonyl (C=O) groups excluding carboxylic acids is 1. The van der Waals surface area contributed by atoms with E-state index in [2.05, 4.69) is 56.7 Å². The quantitative estimate of drug-likeness (QED) is 0.247. The van der Waals surface area contributed by atoms with Crippen LogP contribution in [0.3, 0.4) is 0 Å². The van der Waals surface area contributed by atoms with Crippen LogP contribution >= 0.6 is 35.3 Å². The summed E-state index contributed by atoms with van der Waals surface area (Å²) in [6.45, 7) is 7.46. The van der Waals surface area contributed by atoms with Crippen molar-refractivity contribution in [1.82, 2.24) is 25.6 Å². The van der Waals surface area contributed by atoms with Crippen LogP contribution in [0.4, 0.5) is 0 Å². The minimum Gasteiger partial charge on any atom is -0.468 e. The van der Waals surface area contributed by atoms with E-state index in [0.717, 1.165) is 18.9 Å². The second kappa shape index (κ2) is 11.9. The van der Waals surface area contributed by atoms with Gasteiger partial charge in [-0.2, -0.15) is 0 Å². The summed E-state index contributed by atoms with van der Waals surface area (Å²) in [5.74, 6) is 0.369. The molecule has 1 unspecified atom stereocenters. The fourth-order valence-electron chi connectivity index (χ4n) is 2.35. The molecule has 2 rings (SSSR count). The third kappa shape index (κ3) is 8.24. The molecule has 1 atom stereocenters. The molecular weight excluding hydrogens is 479 g/mol. The van der Waals surface area contributed by atoms with Crippen LogP contribution < -0.4 is 10.6 Å². The Labute approximate surface area is 180 Å². The molecule has 0 saturated carbocycles. The van der Waals surface area contributed by atoms with Crippen molar-refractivity contribution in [2.75, 3.05) is 13.7 Å². The van der Waals surface area contributed by atoms with Gasteiger partial charge in [0.1, 0.15) is 12.2 Å². The molecule has 0 aliphatic carbocycles. The molecule has 0 aliphatic heterocycles. The Hall–Kier alpha value is -1.69. The molecule has 0 radical (unpaired) electrons. The van der Waals surface area contributed by atoms with Crippen molar-refractivity contribution in [3.63, 3.8) is 0 Å². The number of halogens is 1. The van der Waals surface area contributed by atoms with E-state index in [0.29, 0.717) is 12.2 Å². The van der Waals surface area contributed by atoms with E-state index in [1.165, 1.54) is 21.5 Å². The topological polar surface area (TPSA) is 93.4 Å². The predicted octanol–water partition coefficient (Wildman–Crippen LogP) is 2.13. The minimum absolute atomic E-state index is 0. The standard InChI is InChI=1S/C17H26N6O2S.HI/c1-5-18-17(20-12(2)8-15-7-6-13(3)26-15)19-9-14-10-23(22-21-14)11-16(24)25-4;/h6-7,10,12H,5,8-9,11H2,1-4H3,(H2,18,19,20);1H. The third-order valence-electron chi connectivity index (χ3n) is 3.53.